The highest BCUT2D eigenvalue weighted by Crippen LogP contribution is 2.32. The summed E-state index contributed by atoms with van der Waals surface area (Å²) in [7, 11) is 0. The third-order valence-corrected chi connectivity index (χ3v) is 9.55. The lowest BCUT2D eigenvalue weighted by Gasteiger charge is -2.37. The molecule has 11 nitrogen and oxygen atoms in total. The molecule has 4 aromatic rings. The summed E-state index contributed by atoms with van der Waals surface area (Å²) in [4.78, 5) is 49.4. The lowest BCUT2D eigenvalue weighted by atomic mass is 10.00. The van der Waals surface area contributed by atoms with Gasteiger partial charge >= 0.3 is 6.18 Å². The predicted molar refractivity (Wildman–Crippen MR) is 178 cm³/mol. The average Bonchev–Trinajstić information content (AvgIpc) is 3.35. The number of aromatic hydroxyl groups is 1. The van der Waals surface area contributed by atoms with Gasteiger partial charge in [0.15, 0.2) is 5.82 Å². The fourth-order valence-corrected chi connectivity index (χ4v) is 6.88. The van der Waals surface area contributed by atoms with Crippen LogP contribution in [0.3, 0.4) is 0 Å². The first-order chi connectivity index (χ1) is 23.5. The number of fused-ring (bicyclic) bond motifs is 1. The molecule has 49 heavy (non-hydrogen) atoms. The third kappa shape index (κ3) is 6.99. The fourth-order valence-electron chi connectivity index (χ4n) is 6.88. The summed E-state index contributed by atoms with van der Waals surface area (Å²) in [5.41, 5.74) is 0.765. The monoisotopic (exact) mass is 679 g/mol. The van der Waals surface area contributed by atoms with Crippen molar-refractivity contribution >= 4 is 29.0 Å². The summed E-state index contributed by atoms with van der Waals surface area (Å²) in [5, 5.41) is 17.9. The molecule has 2 amide bonds. The van der Waals surface area contributed by atoms with Crippen LogP contribution in [0.1, 0.15) is 84.4 Å². The molecule has 1 saturated heterocycles. The Balaban J connectivity index is 1.33. The number of halogens is 3. The molecule has 0 atom stereocenters. The van der Waals surface area contributed by atoms with Gasteiger partial charge in [-0.05, 0) is 62.1 Å². The number of hydrogen-bond acceptors (Lipinski definition) is 7. The molecule has 6 rings (SSSR count). The van der Waals surface area contributed by atoms with Crippen LogP contribution < -0.4 is 15.8 Å². The van der Waals surface area contributed by atoms with Gasteiger partial charge in [-0.15, -0.1) is 5.10 Å². The van der Waals surface area contributed by atoms with Crippen LogP contribution in [-0.4, -0.2) is 67.2 Å². The number of phenolic OH excluding ortho intramolecular Hbond substituents is 1. The molecule has 2 N–H and O–H groups in total. The van der Waals surface area contributed by atoms with E-state index in [0.29, 0.717) is 55.4 Å². The minimum Gasteiger partial charge on any atom is -0.507 e. The normalized spacial score (nSPS) is 16.2. The summed E-state index contributed by atoms with van der Waals surface area (Å²) < 4.78 is 42.2. The van der Waals surface area contributed by atoms with Crippen molar-refractivity contribution in [1.82, 2.24) is 24.1 Å². The van der Waals surface area contributed by atoms with E-state index < -0.39 is 17.6 Å². The summed E-state index contributed by atoms with van der Waals surface area (Å²) >= 11 is 0. The number of carbonyl (C=O) groups is 2. The largest absolute Gasteiger partial charge is 0.507 e. The van der Waals surface area contributed by atoms with Gasteiger partial charge in [-0.2, -0.15) is 22.7 Å². The van der Waals surface area contributed by atoms with E-state index in [2.05, 4.69) is 5.32 Å². The minimum atomic E-state index is -4.50. The van der Waals surface area contributed by atoms with E-state index in [1.165, 1.54) is 16.6 Å². The fraction of sp³-hybridized carbons (Fsp3) is 0.457. The molecule has 1 aliphatic heterocycles. The highest BCUT2D eigenvalue weighted by atomic mass is 19.4. The number of para-hydroxylation sites is 1. The molecule has 2 aromatic heterocycles. The van der Waals surface area contributed by atoms with Crippen molar-refractivity contribution in [3.05, 3.63) is 81.0 Å². The topological polar surface area (TPSA) is 125 Å². The molecular formula is C35H40F3N7O4. The van der Waals surface area contributed by atoms with Gasteiger partial charge in [0, 0.05) is 37.8 Å². The zero-order valence-corrected chi connectivity index (χ0v) is 27.6. The number of aromatic nitrogens is 4. The number of phenols is 1. The predicted octanol–water partition coefficient (Wildman–Crippen LogP) is 5.53. The summed E-state index contributed by atoms with van der Waals surface area (Å²) in [6.45, 7) is 4.60. The molecule has 0 unspecified atom stereocenters. The van der Waals surface area contributed by atoms with Gasteiger partial charge in [-0.3, -0.25) is 14.4 Å². The second kappa shape index (κ2) is 13.9. The number of alkyl halides is 3. The van der Waals surface area contributed by atoms with Crippen molar-refractivity contribution in [3.63, 3.8) is 0 Å². The van der Waals surface area contributed by atoms with Gasteiger partial charge in [0.05, 0.1) is 16.8 Å². The molecule has 2 aromatic carbocycles. The van der Waals surface area contributed by atoms with E-state index in [-0.39, 0.29) is 46.7 Å². The Morgan fingerprint density at radius 1 is 0.980 bits per heavy atom. The molecule has 14 heteroatoms. The number of amides is 2. The zero-order chi connectivity index (χ0) is 34.9. The summed E-state index contributed by atoms with van der Waals surface area (Å²) in [6, 6.07) is 9.26. The Bertz CT molecular complexity index is 1900. The zero-order valence-electron chi connectivity index (χ0n) is 27.6. The smallest absolute Gasteiger partial charge is 0.416 e. The van der Waals surface area contributed by atoms with Gasteiger partial charge in [0.1, 0.15) is 18.0 Å². The lowest BCUT2D eigenvalue weighted by molar-refractivity contribution is -0.137. The van der Waals surface area contributed by atoms with Crippen molar-refractivity contribution in [1.29, 1.82) is 0 Å². The highest BCUT2D eigenvalue weighted by molar-refractivity contribution is 5.97. The molecule has 1 aliphatic carbocycles. The van der Waals surface area contributed by atoms with E-state index in [9.17, 15) is 32.7 Å². The maximum absolute atomic E-state index is 14.2. The Kier molecular flexibility index (Phi) is 9.66. The first-order valence-corrected chi connectivity index (χ1v) is 16.8. The van der Waals surface area contributed by atoms with Crippen LogP contribution in [0, 0.1) is 6.92 Å². The summed E-state index contributed by atoms with van der Waals surface area (Å²) in [5.74, 6) is 0.0192. The van der Waals surface area contributed by atoms with Crippen LogP contribution in [0.25, 0.3) is 5.78 Å². The molecule has 0 radical (unpaired) electrons. The SMILES string of the molecule is CCc1c(N2CCN(C(=O)c3cccc(C)c3O)CC2)c(=O)n2nc(C3CCCCCC3)nc2n1CC(=O)Nc1ccc(C(F)(F)F)cc1. The summed E-state index contributed by atoms with van der Waals surface area (Å²) in [6.07, 6.45) is 2.01. The van der Waals surface area contributed by atoms with Crippen LogP contribution in [0.15, 0.2) is 47.3 Å². The molecule has 2 aliphatic rings. The first-order valence-electron chi connectivity index (χ1n) is 16.8. The number of nitrogens with zero attached hydrogens (tertiary/aromatic N) is 6. The van der Waals surface area contributed by atoms with E-state index in [4.69, 9.17) is 10.1 Å². The second-order valence-corrected chi connectivity index (χ2v) is 12.8. The van der Waals surface area contributed by atoms with Crippen molar-refractivity contribution in [3.8, 4) is 5.75 Å². The van der Waals surface area contributed by atoms with Crippen LogP contribution in [0.5, 0.6) is 5.75 Å². The number of nitrogens with one attached hydrogen (secondary N) is 1. The number of piperazine rings is 1. The van der Waals surface area contributed by atoms with Gasteiger partial charge in [-0.25, -0.2) is 0 Å². The molecule has 3 heterocycles. The van der Waals surface area contributed by atoms with Crippen molar-refractivity contribution in [2.24, 2.45) is 0 Å². The average molecular weight is 680 g/mol. The van der Waals surface area contributed by atoms with Crippen LogP contribution >= 0.6 is 0 Å². The Morgan fingerprint density at radius 3 is 2.29 bits per heavy atom. The maximum Gasteiger partial charge on any atom is 0.416 e. The van der Waals surface area contributed by atoms with Crippen molar-refractivity contribution in [2.45, 2.75) is 77.4 Å². The number of anilines is 2. The van der Waals surface area contributed by atoms with E-state index in [0.717, 1.165) is 50.7 Å². The molecule has 2 fully saturated rings. The second-order valence-electron chi connectivity index (χ2n) is 12.8. The Morgan fingerprint density at radius 2 is 1.65 bits per heavy atom. The van der Waals surface area contributed by atoms with E-state index in [1.54, 1.807) is 34.6 Å². The van der Waals surface area contributed by atoms with Gasteiger partial charge in [0.2, 0.25) is 11.7 Å². The number of aryl methyl sites for hydroxylation is 1. The molecule has 260 valence electrons. The molecule has 0 bridgehead atoms. The molecular weight excluding hydrogens is 639 g/mol. The third-order valence-electron chi connectivity index (χ3n) is 9.55. The minimum absolute atomic E-state index is 0.0539. The molecule has 0 spiro atoms. The van der Waals surface area contributed by atoms with Crippen molar-refractivity contribution in [2.75, 3.05) is 36.4 Å². The van der Waals surface area contributed by atoms with Gasteiger partial charge < -0.3 is 24.8 Å². The number of carbonyl (C=O) groups excluding carboxylic acids is 2. The van der Waals surface area contributed by atoms with E-state index in [1.807, 2.05) is 11.8 Å². The van der Waals surface area contributed by atoms with Crippen LogP contribution in [0.2, 0.25) is 0 Å². The van der Waals surface area contributed by atoms with Crippen molar-refractivity contribution < 1.29 is 27.9 Å². The van der Waals surface area contributed by atoms with Gasteiger partial charge in [0.25, 0.3) is 11.5 Å². The van der Waals surface area contributed by atoms with Crippen LogP contribution in [0.4, 0.5) is 24.5 Å². The Hall–Kier alpha value is -4.88. The maximum atomic E-state index is 14.2. The molecule has 1 saturated carbocycles. The van der Waals surface area contributed by atoms with Gasteiger partial charge in [-0.1, -0.05) is 44.7 Å². The first kappa shape index (κ1) is 34.0. The quantitative estimate of drug-likeness (QED) is 0.247. The number of rotatable bonds is 7. The highest BCUT2D eigenvalue weighted by Gasteiger charge is 2.32. The standard InChI is InChI=1S/C35H40F3N7O4/c1-3-27-29(42-17-19-43(20-18-42)32(48)26-12-8-9-22(2)30(26)47)33(49)45-34(40-31(41-45)23-10-6-4-5-7-11-23)44(27)21-28(46)39-25-15-13-24(14-16-25)35(36,37)38/h8-9,12-16,23,47H,3-7,10-11,17-21H2,1-2H3,(H,39,46). The number of hydrogen-bond donors (Lipinski definition) is 2. The lowest BCUT2D eigenvalue weighted by Crippen LogP contribution is -2.51. The number of benzene rings is 2. The van der Waals surface area contributed by atoms with Crippen LogP contribution in [-0.2, 0) is 23.9 Å². The van der Waals surface area contributed by atoms with E-state index >= 15 is 0 Å². The Labute approximate surface area is 281 Å².